The molecule has 2 aromatic rings. The predicted molar refractivity (Wildman–Crippen MR) is 87.6 cm³/mol. The first-order chi connectivity index (χ1) is 10.6. The van der Waals surface area contributed by atoms with Crippen LogP contribution in [0.15, 0.2) is 20.7 Å². The third kappa shape index (κ3) is 4.14. The van der Waals surface area contributed by atoms with Gasteiger partial charge in [0.1, 0.15) is 16.4 Å². The summed E-state index contributed by atoms with van der Waals surface area (Å²) in [6, 6.07) is 0. The summed E-state index contributed by atoms with van der Waals surface area (Å²) >= 11 is 2.81. The molecule has 11 heteroatoms. The second-order valence-electron chi connectivity index (χ2n) is 3.84. The van der Waals surface area contributed by atoms with Gasteiger partial charge in [0, 0.05) is 17.8 Å². The topological polar surface area (TPSA) is 150 Å². The average molecular weight is 335 g/mol. The van der Waals surface area contributed by atoms with Crippen molar-refractivity contribution in [2.45, 2.75) is 6.54 Å². The van der Waals surface area contributed by atoms with Crippen molar-refractivity contribution in [2.75, 3.05) is 7.05 Å². The lowest BCUT2D eigenvalue weighted by Gasteiger charge is -2.03. The number of nitrogens with one attached hydrogen (secondary N) is 2. The van der Waals surface area contributed by atoms with Crippen molar-refractivity contribution in [3.05, 3.63) is 15.8 Å². The quantitative estimate of drug-likeness (QED) is 0.272. The summed E-state index contributed by atoms with van der Waals surface area (Å²) in [7, 11) is 1.58. The van der Waals surface area contributed by atoms with Gasteiger partial charge in [-0.3, -0.25) is 10.3 Å². The molecule has 2 aromatic heterocycles. The van der Waals surface area contributed by atoms with E-state index < -0.39 is 0 Å². The number of thiazole rings is 2. The smallest absolute Gasteiger partial charge is 0.212 e. The molecule has 0 radical (unpaired) electrons. The molecular weight excluding hydrogens is 322 g/mol. The molecule has 0 aromatic carbocycles. The van der Waals surface area contributed by atoms with E-state index in [4.69, 9.17) is 16.7 Å². The van der Waals surface area contributed by atoms with Gasteiger partial charge in [0.2, 0.25) is 11.1 Å². The van der Waals surface area contributed by atoms with E-state index in [9.17, 15) is 0 Å². The lowest BCUT2D eigenvalue weighted by Crippen LogP contribution is -2.33. The van der Waals surface area contributed by atoms with Gasteiger partial charge in [-0.15, -0.1) is 22.7 Å². The normalized spacial score (nSPS) is 10.8. The summed E-state index contributed by atoms with van der Waals surface area (Å²) < 4.78 is 0. The Morgan fingerprint density at radius 3 is 2.73 bits per heavy atom. The number of nitriles is 1. The fraction of sp³-hybridized carbons (Fsp3) is 0.182. The van der Waals surface area contributed by atoms with E-state index in [-0.39, 0.29) is 5.96 Å². The second-order valence-corrected chi connectivity index (χ2v) is 5.62. The van der Waals surface area contributed by atoms with Crippen LogP contribution in [0, 0.1) is 11.5 Å². The number of hydrogen-bond acceptors (Lipinski definition) is 7. The van der Waals surface area contributed by atoms with E-state index in [1.807, 2.05) is 10.8 Å². The van der Waals surface area contributed by atoms with E-state index in [2.05, 4.69) is 30.6 Å². The van der Waals surface area contributed by atoms with Gasteiger partial charge in [-0.05, 0) is 0 Å². The Hall–Kier alpha value is -2.71. The van der Waals surface area contributed by atoms with Crippen molar-refractivity contribution in [1.29, 1.82) is 5.26 Å². The van der Waals surface area contributed by atoms with Crippen molar-refractivity contribution >= 4 is 39.7 Å². The number of hydrogen-bond donors (Lipinski definition) is 4. The van der Waals surface area contributed by atoms with Gasteiger partial charge < -0.3 is 16.8 Å². The first-order valence-corrected chi connectivity index (χ1v) is 7.74. The average Bonchev–Trinajstić information content (AvgIpc) is 3.11. The number of aromatic nitrogens is 2. The van der Waals surface area contributed by atoms with E-state index >= 15 is 0 Å². The van der Waals surface area contributed by atoms with Crippen LogP contribution >= 0.6 is 22.7 Å². The molecule has 0 atom stereocenters. The summed E-state index contributed by atoms with van der Waals surface area (Å²) in [5, 5.41) is 19.0. The Bertz CT molecular complexity index is 733. The molecule has 0 spiro atoms. The fourth-order valence-electron chi connectivity index (χ4n) is 1.44. The molecule has 0 aliphatic heterocycles. The maximum absolute atomic E-state index is 8.55. The highest BCUT2D eigenvalue weighted by atomic mass is 32.1. The number of nitrogens with two attached hydrogens (primary N) is 2. The van der Waals surface area contributed by atoms with Gasteiger partial charge in [0.25, 0.3) is 0 Å². The molecule has 0 saturated heterocycles. The van der Waals surface area contributed by atoms with Crippen molar-refractivity contribution in [1.82, 2.24) is 20.6 Å². The fourth-order valence-corrected chi connectivity index (χ4v) is 2.87. The maximum Gasteiger partial charge on any atom is 0.212 e. The van der Waals surface area contributed by atoms with Crippen LogP contribution in [-0.2, 0) is 6.54 Å². The standard InChI is InChI=1S/C11H13N9S2/c1-15-10(17-5-12)16-2-8-18-6(3-21-8)7-4-22-11(19-7)20-9(13)14/h3-4H,2H2,1H3,(H2,15,16,17)(H4,13,14,19,20). The van der Waals surface area contributed by atoms with Gasteiger partial charge in [-0.25, -0.2) is 9.97 Å². The van der Waals surface area contributed by atoms with Crippen LogP contribution < -0.4 is 22.1 Å². The molecule has 0 bridgehead atoms. The monoisotopic (exact) mass is 335 g/mol. The molecule has 9 nitrogen and oxygen atoms in total. The van der Waals surface area contributed by atoms with Crippen molar-refractivity contribution in [3.63, 3.8) is 0 Å². The lowest BCUT2D eigenvalue weighted by molar-refractivity contribution is 0.870. The molecule has 2 heterocycles. The van der Waals surface area contributed by atoms with E-state index in [0.717, 1.165) is 10.7 Å². The number of aliphatic imine (C=N–C) groups is 2. The van der Waals surface area contributed by atoms with Crippen LogP contribution in [0.5, 0.6) is 0 Å². The number of guanidine groups is 2. The van der Waals surface area contributed by atoms with Gasteiger partial charge in [-0.1, -0.05) is 0 Å². The van der Waals surface area contributed by atoms with Crippen molar-refractivity contribution in [3.8, 4) is 17.6 Å². The second kappa shape index (κ2) is 7.34. The third-order valence-electron chi connectivity index (χ3n) is 2.34. The van der Waals surface area contributed by atoms with Gasteiger partial charge in [-0.2, -0.15) is 10.3 Å². The summed E-state index contributed by atoms with van der Waals surface area (Å²) in [5.74, 6) is 0.364. The SMILES string of the molecule is CN=C(NC#N)NCc1nc(-c2csc(N=C(N)N)n2)cs1. The van der Waals surface area contributed by atoms with Crippen molar-refractivity contribution in [2.24, 2.45) is 21.5 Å². The first kappa shape index (κ1) is 15.7. The molecule has 22 heavy (non-hydrogen) atoms. The Morgan fingerprint density at radius 1 is 1.32 bits per heavy atom. The van der Waals surface area contributed by atoms with Crippen molar-refractivity contribution < 1.29 is 0 Å². The zero-order valence-corrected chi connectivity index (χ0v) is 13.2. The van der Waals surface area contributed by atoms with Crippen LogP contribution in [0.3, 0.4) is 0 Å². The number of rotatable bonds is 4. The Labute approximate surface area is 134 Å². The summed E-state index contributed by atoms with van der Waals surface area (Å²) in [5.41, 5.74) is 12.1. The first-order valence-electron chi connectivity index (χ1n) is 5.98. The molecule has 114 valence electrons. The summed E-state index contributed by atoms with van der Waals surface area (Å²) in [6.45, 7) is 0.455. The molecule has 0 aliphatic rings. The lowest BCUT2D eigenvalue weighted by atomic mass is 10.4. The largest absolute Gasteiger partial charge is 0.370 e. The number of nitrogens with zero attached hydrogens (tertiary/aromatic N) is 5. The van der Waals surface area contributed by atoms with Gasteiger partial charge in [0.05, 0.1) is 6.54 Å². The predicted octanol–water partition coefficient (Wildman–Crippen LogP) is 0.318. The van der Waals surface area contributed by atoms with E-state index in [1.165, 1.54) is 22.7 Å². The van der Waals surface area contributed by atoms with Crippen LogP contribution in [0.4, 0.5) is 5.13 Å². The molecule has 2 rings (SSSR count). The minimum Gasteiger partial charge on any atom is -0.370 e. The van der Waals surface area contributed by atoms with Gasteiger partial charge in [0.15, 0.2) is 12.2 Å². The Morgan fingerprint density at radius 2 is 2.05 bits per heavy atom. The molecule has 0 unspecified atom stereocenters. The third-order valence-corrected chi connectivity index (χ3v) is 3.92. The highest BCUT2D eigenvalue weighted by Crippen LogP contribution is 2.27. The molecule has 0 saturated carbocycles. The minimum absolute atomic E-state index is 0.0274. The highest BCUT2D eigenvalue weighted by Gasteiger charge is 2.09. The van der Waals surface area contributed by atoms with Gasteiger partial charge >= 0.3 is 0 Å². The van der Waals surface area contributed by atoms with Crippen LogP contribution in [-0.4, -0.2) is 28.9 Å². The van der Waals surface area contributed by atoms with Crippen LogP contribution in [0.25, 0.3) is 11.4 Å². The Kier molecular flexibility index (Phi) is 5.23. The molecule has 0 fully saturated rings. The van der Waals surface area contributed by atoms with E-state index in [0.29, 0.717) is 23.3 Å². The maximum atomic E-state index is 8.55. The highest BCUT2D eigenvalue weighted by molar-refractivity contribution is 7.13. The molecule has 6 N–H and O–H groups in total. The van der Waals surface area contributed by atoms with E-state index in [1.54, 1.807) is 13.2 Å². The zero-order valence-electron chi connectivity index (χ0n) is 11.6. The van der Waals surface area contributed by atoms with Crippen LogP contribution in [0.1, 0.15) is 5.01 Å². The minimum atomic E-state index is -0.0274. The zero-order chi connectivity index (χ0) is 15.9. The molecular formula is C11H13N9S2. The van der Waals surface area contributed by atoms with Crippen LogP contribution in [0.2, 0.25) is 0 Å². The Balaban J connectivity index is 2.04. The summed E-state index contributed by atoms with van der Waals surface area (Å²) in [4.78, 5) is 16.5. The molecule has 0 aliphatic carbocycles. The summed E-state index contributed by atoms with van der Waals surface area (Å²) in [6.07, 6.45) is 1.80. The molecule has 0 amide bonds.